The molecule has 0 aliphatic heterocycles. The molecule has 0 atom stereocenters. The normalized spacial score (nSPS) is 11.1. The van der Waals surface area contributed by atoms with Crippen LogP contribution in [0, 0.1) is 0 Å². The molecular formula is C11H8N2O2S. The first-order valence-corrected chi connectivity index (χ1v) is 5.61. The van der Waals surface area contributed by atoms with Crippen molar-refractivity contribution in [2.75, 3.05) is 7.11 Å². The van der Waals surface area contributed by atoms with E-state index in [4.69, 9.17) is 4.74 Å². The number of methoxy groups -OCH3 is 1. The van der Waals surface area contributed by atoms with Gasteiger partial charge in [0.15, 0.2) is 0 Å². The Morgan fingerprint density at radius 3 is 3.12 bits per heavy atom. The van der Waals surface area contributed by atoms with Crippen LogP contribution in [0.1, 0.15) is 10.5 Å². The van der Waals surface area contributed by atoms with Gasteiger partial charge in [-0.3, -0.25) is 4.40 Å². The largest absolute Gasteiger partial charge is 0.464 e. The first-order valence-electron chi connectivity index (χ1n) is 4.73. The van der Waals surface area contributed by atoms with Crippen LogP contribution in [0.2, 0.25) is 0 Å². The number of rotatable bonds is 1. The Kier molecular flexibility index (Phi) is 1.94. The monoisotopic (exact) mass is 232 g/mol. The maximum atomic E-state index is 11.6. The molecule has 0 aliphatic rings. The van der Waals surface area contributed by atoms with E-state index in [1.165, 1.54) is 7.11 Å². The van der Waals surface area contributed by atoms with Gasteiger partial charge in [0.1, 0.15) is 10.5 Å². The second-order valence-electron chi connectivity index (χ2n) is 3.34. The zero-order valence-electron chi connectivity index (χ0n) is 8.51. The van der Waals surface area contributed by atoms with Crippen molar-refractivity contribution in [2.45, 2.75) is 0 Å². The first kappa shape index (κ1) is 9.35. The minimum Gasteiger partial charge on any atom is -0.464 e. The molecule has 0 radical (unpaired) electrons. The highest BCUT2D eigenvalue weighted by Gasteiger charge is 2.13. The summed E-state index contributed by atoms with van der Waals surface area (Å²) in [5.74, 6) is -0.335. The van der Waals surface area contributed by atoms with Gasteiger partial charge in [-0.05, 0) is 23.6 Å². The molecule has 0 aliphatic carbocycles. The van der Waals surface area contributed by atoms with Crippen LogP contribution in [0.4, 0.5) is 0 Å². The lowest BCUT2D eigenvalue weighted by molar-refractivity contribution is 0.0593. The number of carbonyl (C=O) groups is 1. The summed E-state index contributed by atoms with van der Waals surface area (Å²) in [6, 6.07) is 5.56. The average Bonchev–Trinajstić information content (AvgIpc) is 2.92. The highest BCUT2D eigenvalue weighted by molar-refractivity contribution is 7.16. The fraction of sp³-hybridized carbons (Fsp3) is 0.0909. The Hall–Kier alpha value is -1.88. The Bertz CT molecular complexity index is 683. The molecular weight excluding hydrogens is 224 g/mol. The van der Waals surface area contributed by atoms with Crippen LogP contribution >= 0.6 is 11.3 Å². The summed E-state index contributed by atoms with van der Waals surface area (Å²) in [5, 5.41) is 1.96. The highest BCUT2D eigenvalue weighted by Crippen LogP contribution is 2.22. The number of hydrogen-bond donors (Lipinski definition) is 0. The Morgan fingerprint density at radius 1 is 1.44 bits per heavy atom. The summed E-state index contributed by atoms with van der Waals surface area (Å²) in [4.78, 5) is 16.8. The number of esters is 1. The van der Waals surface area contributed by atoms with Crippen molar-refractivity contribution in [2.24, 2.45) is 0 Å². The summed E-state index contributed by atoms with van der Waals surface area (Å²) in [6.07, 6.45) is 1.76. The summed E-state index contributed by atoms with van der Waals surface area (Å²) in [6.45, 7) is 0. The SMILES string of the molecule is COC(=O)c1ccc2cnc3sccc3n12. The lowest BCUT2D eigenvalue weighted by atomic mass is 10.4. The second-order valence-corrected chi connectivity index (χ2v) is 4.23. The maximum absolute atomic E-state index is 11.6. The fourth-order valence-electron chi connectivity index (χ4n) is 1.77. The van der Waals surface area contributed by atoms with Gasteiger partial charge in [0.2, 0.25) is 0 Å². The molecule has 3 rings (SSSR count). The van der Waals surface area contributed by atoms with Gasteiger partial charge in [-0.15, -0.1) is 11.3 Å². The number of nitrogens with zero attached hydrogens (tertiary/aromatic N) is 2. The molecule has 16 heavy (non-hydrogen) atoms. The van der Waals surface area contributed by atoms with E-state index in [-0.39, 0.29) is 5.97 Å². The minimum absolute atomic E-state index is 0.335. The average molecular weight is 232 g/mol. The predicted octanol–water partition coefficient (Wildman–Crippen LogP) is 2.34. The maximum Gasteiger partial charge on any atom is 0.355 e. The summed E-state index contributed by atoms with van der Waals surface area (Å²) < 4.78 is 6.62. The van der Waals surface area contributed by atoms with Crippen molar-refractivity contribution < 1.29 is 9.53 Å². The van der Waals surface area contributed by atoms with Gasteiger partial charge < -0.3 is 4.74 Å². The summed E-state index contributed by atoms with van der Waals surface area (Å²) in [5.41, 5.74) is 2.36. The van der Waals surface area contributed by atoms with Crippen LogP contribution in [0.5, 0.6) is 0 Å². The van der Waals surface area contributed by atoms with Crippen molar-refractivity contribution in [3.63, 3.8) is 0 Å². The lowest BCUT2D eigenvalue weighted by Gasteiger charge is -2.02. The molecule has 0 spiro atoms. The van der Waals surface area contributed by atoms with Gasteiger partial charge in [-0.2, -0.15) is 0 Å². The molecule has 0 aromatic carbocycles. The Labute approximate surface area is 95.1 Å². The highest BCUT2D eigenvalue weighted by atomic mass is 32.1. The molecule has 5 heteroatoms. The van der Waals surface area contributed by atoms with Gasteiger partial charge in [0.05, 0.1) is 24.3 Å². The van der Waals surface area contributed by atoms with Crippen molar-refractivity contribution in [1.82, 2.24) is 9.38 Å². The van der Waals surface area contributed by atoms with E-state index in [1.807, 2.05) is 21.9 Å². The fourth-order valence-corrected chi connectivity index (χ4v) is 2.49. The molecule has 80 valence electrons. The second kappa shape index (κ2) is 3.31. The molecule has 4 nitrogen and oxygen atoms in total. The topological polar surface area (TPSA) is 43.6 Å². The molecule has 3 aromatic rings. The zero-order chi connectivity index (χ0) is 11.1. The molecule has 0 saturated carbocycles. The lowest BCUT2D eigenvalue weighted by Crippen LogP contribution is -2.05. The molecule has 3 heterocycles. The van der Waals surface area contributed by atoms with Gasteiger partial charge in [0, 0.05) is 0 Å². The molecule has 0 bridgehead atoms. The van der Waals surface area contributed by atoms with E-state index in [0.29, 0.717) is 5.69 Å². The van der Waals surface area contributed by atoms with Crippen molar-refractivity contribution in [3.8, 4) is 0 Å². The Balaban J connectivity index is 2.45. The Morgan fingerprint density at radius 2 is 2.31 bits per heavy atom. The standard InChI is InChI=1S/C11H8N2O2S/c1-15-11(14)9-3-2-7-6-12-10-8(13(7)9)4-5-16-10/h2-6H,1H3. The van der Waals surface area contributed by atoms with Crippen molar-refractivity contribution in [1.29, 1.82) is 0 Å². The minimum atomic E-state index is -0.335. The molecule has 0 amide bonds. The third kappa shape index (κ3) is 1.15. The summed E-state index contributed by atoms with van der Waals surface area (Å²) in [7, 11) is 1.38. The van der Waals surface area contributed by atoms with Crippen molar-refractivity contribution in [3.05, 3.63) is 35.5 Å². The van der Waals surface area contributed by atoms with E-state index in [1.54, 1.807) is 23.6 Å². The number of fused-ring (bicyclic) bond motifs is 3. The van der Waals surface area contributed by atoms with Crippen LogP contribution in [0.25, 0.3) is 15.9 Å². The van der Waals surface area contributed by atoms with E-state index < -0.39 is 0 Å². The first-order chi connectivity index (χ1) is 7.81. The van der Waals surface area contributed by atoms with Crippen LogP contribution in [0.3, 0.4) is 0 Å². The van der Waals surface area contributed by atoms with Crippen LogP contribution in [0.15, 0.2) is 29.8 Å². The van der Waals surface area contributed by atoms with Crippen LogP contribution in [-0.4, -0.2) is 22.5 Å². The summed E-state index contributed by atoms with van der Waals surface area (Å²) >= 11 is 1.55. The van der Waals surface area contributed by atoms with E-state index in [0.717, 1.165) is 15.9 Å². The van der Waals surface area contributed by atoms with E-state index >= 15 is 0 Å². The molecule has 0 unspecified atom stereocenters. The third-order valence-electron chi connectivity index (χ3n) is 2.49. The number of ether oxygens (including phenoxy) is 1. The van der Waals surface area contributed by atoms with Gasteiger partial charge in [0.25, 0.3) is 0 Å². The molecule has 3 aromatic heterocycles. The molecule has 0 fully saturated rings. The zero-order valence-corrected chi connectivity index (χ0v) is 9.32. The quantitative estimate of drug-likeness (QED) is 0.605. The van der Waals surface area contributed by atoms with Gasteiger partial charge in [-0.25, -0.2) is 9.78 Å². The number of hydrogen-bond acceptors (Lipinski definition) is 4. The molecule has 0 saturated heterocycles. The number of thiophene rings is 1. The molecule has 0 N–H and O–H groups in total. The smallest absolute Gasteiger partial charge is 0.355 e. The number of carbonyl (C=O) groups excluding carboxylic acids is 1. The van der Waals surface area contributed by atoms with Gasteiger partial charge >= 0.3 is 5.97 Å². The van der Waals surface area contributed by atoms with E-state index in [2.05, 4.69) is 4.98 Å². The van der Waals surface area contributed by atoms with Crippen LogP contribution in [-0.2, 0) is 4.74 Å². The van der Waals surface area contributed by atoms with Gasteiger partial charge in [-0.1, -0.05) is 0 Å². The van der Waals surface area contributed by atoms with Crippen LogP contribution < -0.4 is 0 Å². The number of aromatic nitrogens is 2. The predicted molar refractivity (Wildman–Crippen MR) is 61.9 cm³/mol. The van der Waals surface area contributed by atoms with E-state index in [9.17, 15) is 4.79 Å². The van der Waals surface area contributed by atoms with Crippen molar-refractivity contribution >= 4 is 33.2 Å². The third-order valence-corrected chi connectivity index (χ3v) is 3.30.